The van der Waals surface area contributed by atoms with E-state index in [-0.39, 0.29) is 10.7 Å². The first-order chi connectivity index (χ1) is 9.82. The molecule has 1 aromatic heterocycles. The van der Waals surface area contributed by atoms with Gasteiger partial charge in [0.1, 0.15) is 6.33 Å². The first-order valence-electron chi connectivity index (χ1n) is 5.32. The van der Waals surface area contributed by atoms with E-state index < -0.39 is 18.3 Å². The second-order valence-corrected chi connectivity index (χ2v) is 4.20. The minimum atomic E-state index is -4.83. The molecule has 6 nitrogen and oxygen atoms in total. The summed E-state index contributed by atoms with van der Waals surface area (Å²) >= 11 is 5.72. The molecule has 0 saturated heterocycles. The number of carbonyl (C=O) groups is 1. The Labute approximate surface area is 119 Å². The molecule has 0 atom stereocenters. The van der Waals surface area contributed by atoms with Gasteiger partial charge >= 0.3 is 18.3 Å². The van der Waals surface area contributed by atoms with E-state index in [0.717, 1.165) is 10.7 Å². The van der Waals surface area contributed by atoms with Gasteiger partial charge in [0.2, 0.25) is 0 Å². The summed E-state index contributed by atoms with van der Waals surface area (Å²) in [5, 5.41) is 11.8. The van der Waals surface area contributed by atoms with Crippen molar-refractivity contribution in [2.45, 2.75) is 12.3 Å². The zero-order chi connectivity index (χ0) is 15.6. The van der Waals surface area contributed by atoms with Crippen LogP contribution in [0.3, 0.4) is 0 Å². The molecule has 0 spiro atoms. The van der Waals surface area contributed by atoms with Gasteiger partial charge < -0.3 is 5.32 Å². The maximum absolute atomic E-state index is 12.9. The van der Waals surface area contributed by atoms with Gasteiger partial charge in [-0.25, -0.2) is 13.5 Å². The highest BCUT2D eigenvalue weighted by atomic mass is 35.5. The van der Waals surface area contributed by atoms with Crippen LogP contribution in [0.5, 0.6) is 0 Å². The molecular formula is C10H6ClF4N5O. The number of carbonyl (C=O) groups excluding carboxylic acids is 1. The van der Waals surface area contributed by atoms with E-state index in [1.807, 2.05) is 0 Å². The molecule has 0 fully saturated rings. The van der Waals surface area contributed by atoms with E-state index in [1.165, 1.54) is 18.5 Å². The van der Waals surface area contributed by atoms with E-state index in [2.05, 4.69) is 15.5 Å². The number of aromatic nitrogens is 4. The molecule has 2 rings (SSSR count). The Morgan fingerprint density at radius 3 is 2.67 bits per heavy atom. The Kier molecular flexibility index (Phi) is 4.07. The summed E-state index contributed by atoms with van der Waals surface area (Å²) in [6.07, 6.45) is -2.92. The van der Waals surface area contributed by atoms with E-state index in [1.54, 1.807) is 5.32 Å². The van der Waals surface area contributed by atoms with Crippen molar-refractivity contribution in [2.24, 2.45) is 0 Å². The molecule has 1 aromatic carbocycles. The average molecular weight is 324 g/mol. The molecule has 0 aliphatic heterocycles. The van der Waals surface area contributed by atoms with Crippen LogP contribution >= 0.6 is 11.6 Å². The highest BCUT2D eigenvalue weighted by molar-refractivity contribution is 6.33. The fourth-order valence-corrected chi connectivity index (χ4v) is 1.50. The minimum absolute atomic E-state index is 0.106. The number of benzene rings is 1. The van der Waals surface area contributed by atoms with Crippen molar-refractivity contribution < 1.29 is 22.4 Å². The molecule has 2 aromatic rings. The predicted octanol–water partition coefficient (Wildman–Crippen LogP) is 2.15. The fourth-order valence-electron chi connectivity index (χ4n) is 1.34. The lowest BCUT2D eigenvalue weighted by molar-refractivity contribution is -0.163. The highest BCUT2D eigenvalue weighted by Crippen LogP contribution is 2.28. The number of amides is 1. The van der Waals surface area contributed by atoms with Crippen LogP contribution in [0.15, 0.2) is 24.5 Å². The Balaban J connectivity index is 2.28. The third kappa shape index (κ3) is 3.10. The quantitative estimate of drug-likeness (QED) is 0.875. The van der Waals surface area contributed by atoms with Crippen LogP contribution in [-0.2, 0) is 4.79 Å². The highest BCUT2D eigenvalue weighted by Gasteiger charge is 2.49. The van der Waals surface area contributed by atoms with Crippen molar-refractivity contribution in [3.05, 3.63) is 29.5 Å². The summed E-state index contributed by atoms with van der Waals surface area (Å²) in [4.78, 5) is 11.2. The van der Waals surface area contributed by atoms with Crippen molar-refractivity contribution >= 4 is 23.2 Å². The lowest BCUT2D eigenvalue weighted by atomic mass is 10.2. The molecule has 1 N–H and O–H groups in total. The molecule has 21 heavy (non-hydrogen) atoms. The van der Waals surface area contributed by atoms with Crippen molar-refractivity contribution in [2.75, 3.05) is 5.32 Å². The van der Waals surface area contributed by atoms with Crippen LogP contribution in [0.25, 0.3) is 5.69 Å². The molecule has 0 unspecified atom stereocenters. The van der Waals surface area contributed by atoms with E-state index >= 15 is 0 Å². The van der Waals surface area contributed by atoms with Gasteiger partial charge in [-0.1, -0.05) is 11.6 Å². The maximum atomic E-state index is 12.9. The number of hydrogen-bond donors (Lipinski definition) is 1. The lowest BCUT2D eigenvalue weighted by Gasteiger charge is -2.16. The number of tetrazole rings is 1. The number of rotatable bonds is 4. The third-order valence-corrected chi connectivity index (χ3v) is 2.72. The number of hydrogen-bond acceptors (Lipinski definition) is 4. The number of nitrogens with one attached hydrogen (secondary N) is 1. The largest absolute Gasteiger partial charge is 0.383 e. The first kappa shape index (κ1) is 15.2. The summed E-state index contributed by atoms with van der Waals surface area (Å²) in [6.45, 7) is 0. The second kappa shape index (κ2) is 5.64. The van der Waals surface area contributed by atoms with Crippen molar-refractivity contribution in [1.29, 1.82) is 0 Å². The Morgan fingerprint density at radius 2 is 2.10 bits per heavy atom. The summed E-state index contributed by atoms with van der Waals surface area (Å²) in [5.41, 5.74) is 0.0232. The number of nitrogens with zero attached hydrogens (tertiary/aromatic N) is 4. The SMILES string of the molecule is O=C(Nc1cc(-n2cnnn2)ccc1Cl)C(F)(F)C(F)F. The van der Waals surface area contributed by atoms with Gasteiger partial charge in [0.25, 0.3) is 0 Å². The Bertz CT molecular complexity index is 649. The molecule has 0 aliphatic carbocycles. The monoisotopic (exact) mass is 323 g/mol. The zero-order valence-electron chi connectivity index (χ0n) is 9.97. The number of alkyl halides is 4. The topological polar surface area (TPSA) is 72.7 Å². The van der Waals surface area contributed by atoms with Gasteiger partial charge in [-0.15, -0.1) is 5.10 Å². The van der Waals surface area contributed by atoms with Gasteiger partial charge in [-0.2, -0.15) is 8.78 Å². The standard InChI is InChI=1S/C10H6ClF4N5O/c11-6-2-1-5(20-4-16-18-19-20)3-7(6)17-9(21)10(14,15)8(12)13/h1-4,8H,(H,17,21). The van der Waals surface area contributed by atoms with Crippen molar-refractivity contribution in [1.82, 2.24) is 20.2 Å². The number of halogens is 5. The maximum Gasteiger partial charge on any atom is 0.383 e. The van der Waals surface area contributed by atoms with Gasteiger partial charge in [0.05, 0.1) is 16.4 Å². The fraction of sp³-hybridized carbons (Fsp3) is 0.200. The van der Waals surface area contributed by atoms with E-state index in [4.69, 9.17) is 11.6 Å². The molecule has 112 valence electrons. The lowest BCUT2D eigenvalue weighted by Crippen LogP contribution is -2.41. The average Bonchev–Trinajstić information content (AvgIpc) is 2.94. The van der Waals surface area contributed by atoms with Crippen LogP contribution in [0.2, 0.25) is 5.02 Å². The van der Waals surface area contributed by atoms with Crippen LogP contribution < -0.4 is 5.32 Å². The van der Waals surface area contributed by atoms with E-state index in [0.29, 0.717) is 5.69 Å². The summed E-state index contributed by atoms with van der Waals surface area (Å²) in [6, 6.07) is 3.88. The van der Waals surface area contributed by atoms with E-state index in [9.17, 15) is 22.4 Å². The molecule has 0 saturated carbocycles. The van der Waals surface area contributed by atoms with Crippen LogP contribution in [0.1, 0.15) is 0 Å². The Morgan fingerprint density at radius 1 is 1.38 bits per heavy atom. The molecule has 1 heterocycles. The minimum Gasteiger partial charge on any atom is -0.319 e. The smallest absolute Gasteiger partial charge is 0.319 e. The van der Waals surface area contributed by atoms with Crippen LogP contribution in [-0.4, -0.2) is 38.5 Å². The molecule has 11 heteroatoms. The second-order valence-electron chi connectivity index (χ2n) is 3.80. The molecule has 0 aliphatic rings. The molecule has 1 amide bonds. The van der Waals surface area contributed by atoms with Gasteiger partial charge in [0.15, 0.2) is 0 Å². The molecule has 0 bridgehead atoms. The third-order valence-electron chi connectivity index (χ3n) is 2.39. The van der Waals surface area contributed by atoms with Gasteiger partial charge in [0, 0.05) is 0 Å². The number of anilines is 1. The van der Waals surface area contributed by atoms with Crippen LogP contribution in [0, 0.1) is 0 Å². The van der Waals surface area contributed by atoms with Crippen LogP contribution in [0.4, 0.5) is 23.2 Å². The van der Waals surface area contributed by atoms with Gasteiger partial charge in [-0.3, -0.25) is 4.79 Å². The summed E-state index contributed by atoms with van der Waals surface area (Å²) in [5.74, 6) is -6.98. The predicted molar refractivity (Wildman–Crippen MR) is 63.7 cm³/mol. The zero-order valence-corrected chi connectivity index (χ0v) is 10.7. The summed E-state index contributed by atoms with van der Waals surface area (Å²) in [7, 11) is 0. The summed E-state index contributed by atoms with van der Waals surface area (Å²) < 4.78 is 51.1. The van der Waals surface area contributed by atoms with Crippen molar-refractivity contribution in [3.63, 3.8) is 0 Å². The molecule has 0 radical (unpaired) electrons. The Hall–Kier alpha value is -2.23. The van der Waals surface area contributed by atoms with Crippen molar-refractivity contribution in [3.8, 4) is 5.69 Å². The molecular weight excluding hydrogens is 318 g/mol. The first-order valence-corrected chi connectivity index (χ1v) is 5.70. The van der Waals surface area contributed by atoms with Gasteiger partial charge in [-0.05, 0) is 28.6 Å². The normalized spacial score (nSPS) is 11.7.